The van der Waals surface area contributed by atoms with Gasteiger partial charge in [-0.1, -0.05) is 59.1 Å². The highest BCUT2D eigenvalue weighted by Gasteiger charge is 2.34. The maximum absolute atomic E-state index is 13.2. The molecule has 0 saturated carbocycles. The number of nitrogens with zero attached hydrogens (tertiary/aromatic N) is 3. The molecule has 178 valence electrons. The van der Waals surface area contributed by atoms with Crippen molar-refractivity contribution in [2.45, 2.75) is 18.9 Å². The second-order valence-electron chi connectivity index (χ2n) is 9.23. The summed E-state index contributed by atoms with van der Waals surface area (Å²) in [6, 6.07) is 18.4. The number of para-hydroxylation sites is 1. The van der Waals surface area contributed by atoms with Gasteiger partial charge in [0.25, 0.3) is 5.56 Å². The molecule has 4 aromatic rings. The van der Waals surface area contributed by atoms with Crippen molar-refractivity contribution in [1.82, 2.24) is 14.5 Å². The van der Waals surface area contributed by atoms with Crippen LogP contribution < -0.4 is 10.9 Å². The summed E-state index contributed by atoms with van der Waals surface area (Å²) in [6.07, 6.45) is 2.37. The molecule has 0 amide bonds. The molecule has 3 fully saturated rings. The van der Waals surface area contributed by atoms with Crippen molar-refractivity contribution in [3.05, 3.63) is 86.1 Å². The minimum atomic E-state index is -0.224. The van der Waals surface area contributed by atoms with E-state index in [1.54, 1.807) is 28.8 Å². The number of pyridine rings is 2. The van der Waals surface area contributed by atoms with E-state index >= 15 is 0 Å². The molecule has 7 rings (SSSR count). The zero-order valence-corrected chi connectivity index (χ0v) is 21.1. The lowest BCUT2D eigenvalue weighted by Crippen LogP contribution is -2.53. The van der Waals surface area contributed by atoms with Crippen molar-refractivity contribution in [3.63, 3.8) is 0 Å². The largest absolute Gasteiger partial charge is 0.366 e. The van der Waals surface area contributed by atoms with Gasteiger partial charge in [-0.15, -0.1) is 0 Å². The molecule has 3 aliphatic heterocycles. The number of hydrogen-bond donors (Lipinski definition) is 1. The SMILES string of the molecule is O=c1ccc2c(-c3ccccc3Cl)nc(NC3CN4CCC3CC4)cc2n1-c1c(Cl)cccc1Cl. The van der Waals surface area contributed by atoms with E-state index in [-0.39, 0.29) is 5.56 Å². The first-order valence-electron chi connectivity index (χ1n) is 11.7. The molecule has 1 atom stereocenters. The Labute approximate surface area is 218 Å². The summed E-state index contributed by atoms with van der Waals surface area (Å²) in [7, 11) is 0. The fourth-order valence-electron chi connectivity index (χ4n) is 5.42. The topological polar surface area (TPSA) is 50.2 Å². The van der Waals surface area contributed by atoms with Gasteiger partial charge < -0.3 is 10.2 Å². The van der Waals surface area contributed by atoms with E-state index in [4.69, 9.17) is 39.8 Å². The van der Waals surface area contributed by atoms with Gasteiger partial charge in [-0.05, 0) is 56.1 Å². The first-order chi connectivity index (χ1) is 17.0. The molecule has 2 aromatic heterocycles. The van der Waals surface area contributed by atoms with Crippen LogP contribution in [0.1, 0.15) is 12.8 Å². The zero-order valence-electron chi connectivity index (χ0n) is 18.8. The first-order valence-corrected chi connectivity index (χ1v) is 12.9. The molecule has 5 nitrogen and oxygen atoms in total. The van der Waals surface area contributed by atoms with Crippen LogP contribution in [0.3, 0.4) is 0 Å². The van der Waals surface area contributed by atoms with Gasteiger partial charge in [0.05, 0.1) is 26.9 Å². The lowest BCUT2D eigenvalue weighted by molar-refractivity contribution is 0.0974. The van der Waals surface area contributed by atoms with Crippen LogP contribution in [0.15, 0.2) is 65.5 Å². The fourth-order valence-corrected chi connectivity index (χ4v) is 6.21. The van der Waals surface area contributed by atoms with E-state index in [0.29, 0.717) is 49.7 Å². The third kappa shape index (κ3) is 4.11. The van der Waals surface area contributed by atoms with Crippen molar-refractivity contribution < 1.29 is 0 Å². The number of halogens is 3. The van der Waals surface area contributed by atoms with Crippen molar-refractivity contribution in [3.8, 4) is 16.9 Å². The average molecular weight is 526 g/mol. The number of fused-ring (bicyclic) bond motifs is 4. The van der Waals surface area contributed by atoms with Gasteiger partial charge in [0.15, 0.2) is 0 Å². The number of hydrogen-bond acceptors (Lipinski definition) is 4. The number of benzene rings is 2. The van der Waals surface area contributed by atoms with Crippen LogP contribution in [0.4, 0.5) is 5.82 Å². The Balaban J connectivity index is 1.60. The highest BCUT2D eigenvalue weighted by Crippen LogP contribution is 2.37. The molecule has 35 heavy (non-hydrogen) atoms. The molecule has 1 N–H and O–H groups in total. The summed E-state index contributed by atoms with van der Waals surface area (Å²) < 4.78 is 1.57. The van der Waals surface area contributed by atoms with Gasteiger partial charge in [0.1, 0.15) is 5.82 Å². The Hall–Kier alpha value is -2.57. The van der Waals surface area contributed by atoms with E-state index in [9.17, 15) is 4.79 Å². The highest BCUT2D eigenvalue weighted by molar-refractivity contribution is 6.38. The standard InChI is InChI=1S/C27H23Cl3N4O/c28-19-5-2-1-4-17(19)26-18-8-9-25(35)34(27-20(29)6-3-7-21(27)30)23(18)14-24(32-26)31-22-15-33-12-10-16(22)11-13-33/h1-9,14,16,22H,10-13,15H2,(H,31,32). The van der Waals surface area contributed by atoms with Crippen LogP contribution in [-0.4, -0.2) is 40.1 Å². The molecule has 0 radical (unpaired) electrons. The molecule has 1 unspecified atom stereocenters. The summed E-state index contributed by atoms with van der Waals surface area (Å²) in [5, 5.41) is 5.86. The van der Waals surface area contributed by atoms with Crippen LogP contribution in [0.2, 0.25) is 15.1 Å². The first kappa shape index (κ1) is 22.9. The van der Waals surface area contributed by atoms with E-state index in [2.05, 4.69) is 10.2 Å². The monoisotopic (exact) mass is 524 g/mol. The van der Waals surface area contributed by atoms with E-state index in [1.807, 2.05) is 30.3 Å². The van der Waals surface area contributed by atoms with Crippen molar-refractivity contribution >= 4 is 51.5 Å². The van der Waals surface area contributed by atoms with Crippen LogP contribution in [0, 0.1) is 5.92 Å². The molecule has 0 aliphatic carbocycles. The van der Waals surface area contributed by atoms with Gasteiger partial charge in [-0.3, -0.25) is 9.36 Å². The number of rotatable bonds is 4. The molecule has 2 aromatic carbocycles. The number of piperidine rings is 3. The second kappa shape index (κ2) is 9.14. The van der Waals surface area contributed by atoms with Crippen LogP contribution in [0.5, 0.6) is 0 Å². The molecular weight excluding hydrogens is 503 g/mol. The Kier molecular flexibility index (Phi) is 5.97. The smallest absolute Gasteiger partial charge is 0.255 e. The summed E-state index contributed by atoms with van der Waals surface area (Å²) >= 11 is 19.7. The third-order valence-corrected chi connectivity index (χ3v) is 8.11. The Morgan fingerprint density at radius 1 is 0.886 bits per heavy atom. The van der Waals surface area contributed by atoms with Gasteiger partial charge in [-0.2, -0.15) is 0 Å². The van der Waals surface area contributed by atoms with Crippen molar-refractivity contribution in [2.75, 3.05) is 25.0 Å². The second-order valence-corrected chi connectivity index (χ2v) is 10.5. The minimum Gasteiger partial charge on any atom is -0.366 e. The zero-order chi connectivity index (χ0) is 24.1. The Bertz CT molecular complexity index is 1470. The number of aromatic nitrogens is 2. The van der Waals surface area contributed by atoms with Gasteiger partial charge in [-0.25, -0.2) is 4.98 Å². The van der Waals surface area contributed by atoms with Gasteiger partial charge in [0.2, 0.25) is 0 Å². The van der Waals surface area contributed by atoms with Gasteiger partial charge >= 0.3 is 0 Å². The summed E-state index contributed by atoms with van der Waals surface area (Å²) in [4.78, 5) is 20.7. The quantitative estimate of drug-likeness (QED) is 0.330. The van der Waals surface area contributed by atoms with Crippen LogP contribution >= 0.6 is 34.8 Å². The van der Waals surface area contributed by atoms with Crippen LogP contribution in [0.25, 0.3) is 27.8 Å². The Morgan fingerprint density at radius 2 is 1.60 bits per heavy atom. The van der Waals surface area contributed by atoms with Gasteiger partial charge in [0, 0.05) is 40.7 Å². The molecule has 5 heterocycles. The Morgan fingerprint density at radius 3 is 2.29 bits per heavy atom. The lowest BCUT2D eigenvalue weighted by Gasteiger charge is -2.45. The van der Waals surface area contributed by atoms with Crippen molar-refractivity contribution in [1.29, 1.82) is 0 Å². The maximum Gasteiger partial charge on any atom is 0.255 e. The van der Waals surface area contributed by atoms with E-state index < -0.39 is 0 Å². The van der Waals surface area contributed by atoms with Crippen molar-refractivity contribution in [2.24, 2.45) is 5.92 Å². The average Bonchev–Trinajstić information content (AvgIpc) is 2.86. The number of anilines is 1. The van der Waals surface area contributed by atoms with E-state index in [0.717, 1.165) is 30.6 Å². The molecular formula is C27H23Cl3N4O. The number of nitrogens with one attached hydrogen (secondary N) is 1. The van der Waals surface area contributed by atoms with E-state index in [1.165, 1.54) is 18.9 Å². The molecule has 2 bridgehead atoms. The summed E-state index contributed by atoms with van der Waals surface area (Å²) in [5.74, 6) is 1.31. The predicted molar refractivity (Wildman–Crippen MR) is 144 cm³/mol. The normalized spacial score (nSPS) is 21.4. The molecule has 8 heteroatoms. The minimum absolute atomic E-state index is 0.224. The molecule has 3 saturated heterocycles. The summed E-state index contributed by atoms with van der Waals surface area (Å²) in [6.45, 7) is 3.30. The molecule has 3 aliphatic rings. The summed E-state index contributed by atoms with van der Waals surface area (Å²) in [5.41, 5.74) is 2.40. The maximum atomic E-state index is 13.2. The van der Waals surface area contributed by atoms with Crippen LogP contribution in [-0.2, 0) is 0 Å². The lowest BCUT2D eigenvalue weighted by atomic mass is 9.84. The molecule has 0 spiro atoms. The highest BCUT2D eigenvalue weighted by atomic mass is 35.5. The fraction of sp³-hybridized carbons (Fsp3) is 0.259. The third-order valence-electron chi connectivity index (χ3n) is 7.17. The predicted octanol–water partition coefficient (Wildman–Crippen LogP) is 6.52.